The minimum Gasteiger partial charge on any atom is -0.378 e. The van der Waals surface area contributed by atoms with Crippen molar-refractivity contribution in [2.75, 3.05) is 13.2 Å². The Balaban J connectivity index is 1.76. The van der Waals surface area contributed by atoms with E-state index in [2.05, 4.69) is 37.2 Å². The second-order valence-corrected chi connectivity index (χ2v) is 7.14. The van der Waals surface area contributed by atoms with Crippen molar-refractivity contribution in [1.29, 1.82) is 0 Å². The molecule has 0 saturated carbocycles. The lowest BCUT2D eigenvalue weighted by atomic mass is 10.2. The predicted octanol–water partition coefficient (Wildman–Crippen LogP) is 3.57. The summed E-state index contributed by atoms with van der Waals surface area (Å²) in [6, 6.07) is 1.83. The summed E-state index contributed by atoms with van der Waals surface area (Å²) >= 11 is 8.18. The van der Waals surface area contributed by atoms with Crippen molar-refractivity contribution in [3.63, 3.8) is 0 Å². The highest BCUT2D eigenvalue weighted by molar-refractivity contribution is 9.13. The average Bonchev–Trinajstić information content (AvgIpc) is 2.90. The molecule has 17 heavy (non-hydrogen) atoms. The van der Waals surface area contributed by atoms with Crippen molar-refractivity contribution >= 4 is 49.1 Å². The molecule has 6 heteroatoms. The van der Waals surface area contributed by atoms with Crippen LogP contribution in [0.15, 0.2) is 14.3 Å². The minimum atomic E-state index is -0.0144. The summed E-state index contributed by atoms with van der Waals surface area (Å²) in [5.41, 5.74) is 0. The lowest BCUT2D eigenvalue weighted by molar-refractivity contribution is 0.0910. The Bertz CT molecular complexity index is 383. The normalized spacial score (nSPS) is 19.5. The zero-order chi connectivity index (χ0) is 12.3. The quantitative estimate of drug-likeness (QED) is 0.864. The van der Waals surface area contributed by atoms with Crippen molar-refractivity contribution in [2.45, 2.75) is 25.4 Å². The monoisotopic (exact) mass is 381 g/mol. The molecule has 1 saturated heterocycles. The first-order chi connectivity index (χ1) is 8.16. The highest BCUT2D eigenvalue weighted by atomic mass is 79.9. The molecule has 94 valence electrons. The molecule has 1 atom stereocenters. The number of amides is 1. The molecule has 0 radical (unpaired) electrons. The van der Waals surface area contributed by atoms with Crippen LogP contribution in [0.25, 0.3) is 0 Å². The molecular weight excluding hydrogens is 370 g/mol. The van der Waals surface area contributed by atoms with Crippen LogP contribution in [0.4, 0.5) is 0 Å². The van der Waals surface area contributed by atoms with E-state index < -0.39 is 0 Å². The fourth-order valence-corrected chi connectivity index (χ4v) is 3.72. The summed E-state index contributed by atoms with van der Waals surface area (Å²) < 4.78 is 7.37. The maximum absolute atomic E-state index is 11.8. The number of thiophene rings is 1. The first-order valence-electron chi connectivity index (χ1n) is 5.51. The number of ether oxygens (including phenoxy) is 1. The van der Waals surface area contributed by atoms with Crippen molar-refractivity contribution < 1.29 is 9.53 Å². The van der Waals surface area contributed by atoms with Crippen LogP contribution < -0.4 is 5.32 Å². The smallest absolute Gasteiger partial charge is 0.261 e. The molecule has 1 aromatic rings. The Morgan fingerprint density at radius 1 is 1.59 bits per heavy atom. The summed E-state index contributed by atoms with van der Waals surface area (Å²) in [7, 11) is 0. The highest BCUT2D eigenvalue weighted by Crippen LogP contribution is 2.32. The third-order valence-electron chi connectivity index (χ3n) is 2.64. The van der Waals surface area contributed by atoms with Crippen molar-refractivity contribution in [1.82, 2.24) is 5.32 Å². The first-order valence-corrected chi connectivity index (χ1v) is 7.91. The fraction of sp³-hybridized carbons (Fsp3) is 0.545. The van der Waals surface area contributed by atoms with Gasteiger partial charge in [0.15, 0.2) is 0 Å². The summed E-state index contributed by atoms with van der Waals surface area (Å²) in [5.74, 6) is -0.0144. The second kappa shape index (κ2) is 6.31. The van der Waals surface area contributed by atoms with Gasteiger partial charge in [-0.2, -0.15) is 0 Å². The van der Waals surface area contributed by atoms with Crippen LogP contribution >= 0.6 is 43.2 Å². The van der Waals surface area contributed by atoms with Crippen LogP contribution in [-0.2, 0) is 4.74 Å². The Morgan fingerprint density at radius 3 is 3.00 bits per heavy atom. The van der Waals surface area contributed by atoms with Crippen molar-refractivity contribution in [2.24, 2.45) is 0 Å². The average molecular weight is 383 g/mol. The van der Waals surface area contributed by atoms with E-state index in [-0.39, 0.29) is 5.91 Å². The lowest BCUT2D eigenvalue weighted by Gasteiger charge is -2.09. The van der Waals surface area contributed by atoms with Gasteiger partial charge in [0.25, 0.3) is 5.91 Å². The molecule has 1 fully saturated rings. The molecule has 1 N–H and O–H groups in total. The maximum atomic E-state index is 11.8. The number of hydrogen-bond donors (Lipinski definition) is 1. The molecular formula is C11H13Br2NO2S. The first kappa shape index (κ1) is 13.5. The summed E-state index contributed by atoms with van der Waals surface area (Å²) in [4.78, 5) is 12.5. The summed E-state index contributed by atoms with van der Waals surface area (Å²) in [6.45, 7) is 1.54. The van der Waals surface area contributed by atoms with E-state index in [1.807, 2.05) is 6.07 Å². The molecule has 1 unspecified atom stereocenters. The zero-order valence-corrected chi connectivity index (χ0v) is 13.2. The van der Waals surface area contributed by atoms with E-state index in [9.17, 15) is 4.79 Å². The molecule has 0 aliphatic carbocycles. The third kappa shape index (κ3) is 3.77. The van der Waals surface area contributed by atoms with Crippen LogP contribution in [-0.4, -0.2) is 25.2 Å². The maximum Gasteiger partial charge on any atom is 0.261 e. The van der Waals surface area contributed by atoms with E-state index >= 15 is 0 Å². The largest absolute Gasteiger partial charge is 0.378 e. The van der Waals surface area contributed by atoms with Gasteiger partial charge in [0.1, 0.15) is 0 Å². The van der Waals surface area contributed by atoms with Crippen molar-refractivity contribution in [3.8, 4) is 0 Å². The van der Waals surface area contributed by atoms with E-state index in [0.717, 1.165) is 39.0 Å². The van der Waals surface area contributed by atoms with Gasteiger partial charge in [-0.3, -0.25) is 4.79 Å². The highest BCUT2D eigenvalue weighted by Gasteiger charge is 2.16. The van der Waals surface area contributed by atoms with Crippen LogP contribution in [0.5, 0.6) is 0 Å². The molecule has 1 aliphatic heterocycles. The molecule has 0 aromatic carbocycles. The number of hydrogen-bond acceptors (Lipinski definition) is 3. The second-order valence-electron chi connectivity index (χ2n) is 3.91. The van der Waals surface area contributed by atoms with Crippen LogP contribution in [0.1, 0.15) is 28.9 Å². The van der Waals surface area contributed by atoms with Crippen LogP contribution in [0, 0.1) is 0 Å². The number of carbonyl (C=O) groups excluding carboxylic acids is 1. The number of nitrogens with one attached hydrogen (secondary N) is 1. The van der Waals surface area contributed by atoms with E-state index in [1.54, 1.807) is 0 Å². The van der Waals surface area contributed by atoms with E-state index in [4.69, 9.17) is 4.74 Å². The molecule has 0 spiro atoms. The summed E-state index contributed by atoms with van der Waals surface area (Å²) in [6.07, 6.45) is 3.49. The van der Waals surface area contributed by atoms with E-state index in [1.165, 1.54) is 11.3 Å². The third-order valence-corrected chi connectivity index (χ3v) is 5.90. The van der Waals surface area contributed by atoms with Gasteiger partial charge in [-0.25, -0.2) is 0 Å². The van der Waals surface area contributed by atoms with Gasteiger partial charge in [0.2, 0.25) is 0 Å². The molecule has 0 bridgehead atoms. The van der Waals surface area contributed by atoms with Crippen LogP contribution in [0.3, 0.4) is 0 Å². The topological polar surface area (TPSA) is 38.3 Å². The Hall–Kier alpha value is 0.0900. The molecule has 1 aromatic heterocycles. The Kier molecular flexibility index (Phi) is 5.02. The predicted molar refractivity (Wildman–Crippen MR) is 75.6 cm³/mol. The minimum absolute atomic E-state index is 0.0144. The standard InChI is InChI=1S/C11H13Br2NO2S/c12-8-6-9(17-10(8)13)11(15)14-4-3-7-2-1-5-16-7/h6-7H,1-5H2,(H,14,15). The Labute approximate surface area is 121 Å². The van der Waals surface area contributed by atoms with Gasteiger partial charge in [-0.1, -0.05) is 0 Å². The molecule has 2 rings (SSSR count). The van der Waals surface area contributed by atoms with Gasteiger partial charge in [-0.05, 0) is 57.2 Å². The van der Waals surface area contributed by atoms with Crippen LogP contribution in [0.2, 0.25) is 0 Å². The van der Waals surface area contributed by atoms with Gasteiger partial charge < -0.3 is 10.1 Å². The van der Waals surface area contributed by atoms with E-state index in [0.29, 0.717) is 12.6 Å². The van der Waals surface area contributed by atoms with Gasteiger partial charge in [0, 0.05) is 17.6 Å². The van der Waals surface area contributed by atoms with Gasteiger partial charge >= 0.3 is 0 Å². The number of rotatable bonds is 4. The van der Waals surface area contributed by atoms with Gasteiger partial charge in [-0.15, -0.1) is 11.3 Å². The molecule has 3 nitrogen and oxygen atoms in total. The zero-order valence-electron chi connectivity index (χ0n) is 9.17. The molecule has 1 amide bonds. The lowest BCUT2D eigenvalue weighted by Crippen LogP contribution is -2.26. The SMILES string of the molecule is O=C(NCCC1CCCO1)c1cc(Br)c(Br)s1. The molecule has 1 aliphatic rings. The summed E-state index contributed by atoms with van der Waals surface area (Å²) in [5, 5.41) is 2.92. The fourth-order valence-electron chi connectivity index (χ4n) is 1.76. The number of halogens is 2. The molecule has 2 heterocycles. The van der Waals surface area contributed by atoms with Crippen molar-refractivity contribution in [3.05, 3.63) is 19.2 Å². The number of carbonyl (C=O) groups is 1. The van der Waals surface area contributed by atoms with Gasteiger partial charge in [0.05, 0.1) is 14.8 Å². The Morgan fingerprint density at radius 2 is 2.41 bits per heavy atom.